The summed E-state index contributed by atoms with van der Waals surface area (Å²) in [5.41, 5.74) is 5.02. The highest BCUT2D eigenvalue weighted by Gasteiger charge is 1.90. The summed E-state index contributed by atoms with van der Waals surface area (Å²) >= 11 is 0. The molecular formula is C16H25NO. The average Bonchev–Trinajstić information content (AvgIpc) is 2.34. The van der Waals surface area contributed by atoms with E-state index in [4.69, 9.17) is 5.73 Å². The lowest BCUT2D eigenvalue weighted by Crippen LogP contribution is -2.09. The summed E-state index contributed by atoms with van der Waals surface area (Å²) in [6.45, 7) is 2.23. The molecule has 0 aromatic rings. The summed E-state index contributed by atoms with van der Waals surface area (Å²) in [6, 6.07) is 0. The van der Waals surface area contributed by atoms with Gasteiger partial charge in [0.15, 0.2) is 0 Å². The van der Waals surface area contributed by atoms with Gasteiger partial charge in [0.1, 0.15) is 0 Å². The standard InChI is InChI=1S/C16H25NO/c1-2-3-4-5-6-7-8-9-10-11-12-13-14-15-16(17)18/h2-8,13-15H2,1H3,(H2,17,18). The van der Waals surface area contributed by atoms with Crippen LogP contribution in [0.15, 0.2) is 0 Å². The van der Waals surface area contributed by atoms with Gasteiger partial charge in [0, 0.05) is 19.3 Å². The number of nitrogens with two attached hydrogens (primary N) is 1. The number of hydrogen-bond acceptors (Lipinski definition) is 1. The summed E-state index contributed by atoms with van der Waals surface area (Å²) in [6.07, 6.45) is 10.6. The molecule has 0 aromatic heterocycles. The molecule has 0 bridgehead atoms. The van der Waals surface area contributed by atoms with Crippen molar-refractivity contribution in [3.05, 3.63) is 0 Å². The Hall–Kier alpha value is -1.41. The maximum absolute atomic E-state index is 10.4. The Morgan fingerprint density at radius 3 is 2.06 bits per heavy atom. The monoisotopic (exact) mass is 247 g/mol. The van der Waals surface area contributed by atoms with E-state index in [1.54, 1.807) is 0 Å². The molecule has 2 N–H and O–H groups in total. The third-order valence-electron chi connectivity index (χ3n) is 2.62. The van der Waals surface area contributed by atoms with Gasteiger partial charge in [0.25, 0.3) is 0 Å². The lowest BCUT2D eigenvalue weighted by molar-refractivity contribution is -0.118. The normalized spacial score (nSPS) is 8.94. The van der Waals surface area contributed by atoms with Crippen molar-refractivity contribution < 1.29 is 4.79 Å². The van der Waals surface area contributed by atoms with Crippen LogP contribution in [-0.4, -0.2) is 5.91 Å². The van der Waals surface area contributed by atoms with E-state index in [0.29, 0.717) is 12.8 Å². The molecule has 18 heavy (non-hydrogen) atoms. The average molecular weight is 247 g/mol. The minimum Gasteiger partial charge on any atom is -0.370 e. The Balaban J connectivity index is 3.33. The van der Waals surface area contributed by atoms with Gasteiger partial charge >= 0.3 is 0 Å². The van der Waals surface area contributed by atoms with Crippen molar-refractivity contribution in [3.63, 3.8) is 0 Å². The Kier molecular flexibility index (Phi) is 12.6. The molecule has 1 amide bonds. The number of amides is 1. The lowest BCUT2D eigenvalue weighted by atomic mass is 10.1. The van der Waals surface area contributed by atoms with E-state index in [9.17, 15) is 4.79 Å². The van der Waals surface area contributed by atoms with Gasteiger partial charge in [-0.3, -0.25) is 4.79 Å². The van der Waals surface area contributed by atoms with Crippen LogP contribution in [0.2, 0.25) is 0 Å². The van der Waals surface area contributed by atoms with Gasteiger partial charge in [-0.2, -0.15) is 0 Å². The molecule has 0 saturated heterocycles. The fourth-order valence-corrected chi connectivity index (χ4v) is 1.56. The Labute approximate surface area is 112 Å². The van der Waals surface area contributed by atoms with Crippen molar-refractivity contribution in [1.29, 1.82) is 0 Å². The summed E-state index contributed by atoms with van der Waals surface area (Å²) in [7, 11) is 0. The molecule has 0 aliphatic carbocycles. The molecule has 0 aliphatic rings. The van der Waals surface area contributed by atoms with E-state index in [0.717, 1.165) is 12.8 Å². The number of hydrogen-bond donors (Lipinski definition) is 1. The Bertz CT molecular complexity index is 324. The Morgan fingerprint density at radius 1 is 0.889 bits per heavy atom. The highest BCUT2D eigenvalue weighted by atomic mass is 16.1. The van der Waals surface area contributed by atoms with E-state index in [2.05, 4.69) is 30.6 Å². The topological polar surface area (TPSA) is 43.1 Å². The highest BCUT2D eigenvalue weighted by molar-refractivity contribution is 5.73. The van der Waals surface area contributed by atoms with E-state index >= 15 is 0 Å². The number of unbranched alkanes of at least 4 members (excludes halogenated alkanes) is 7. The van der Waals surface area contributed by atoms with E-state index < -0.39 is 0 Å². The zero-order chi connectivity index (χ0) is 13.5. The first kappa shape index (κ1) is 16.6. The van der Waals surface area contributed by atoms with E-state index in [1.807, 2.05) is 0 Å². The molecule has 0 aliphatic heterocycles. The van der Waals surface area contributed by atoms with Crippen LogP contribution in [0.4, 0.5) is 0 Å². The third kappa shape index (κ3) is 14.6. The largest absolute Gasteiger partial charge is 0.370 e. The van der Waals surface area contributed by atoms with Crippen molar-refractivity contribution in [3.8, 4) is 23.7 Å². The predicted octanol–water partition coefficient (Wildman–Crippen LogP) is 3.40. The van der Waals surface area contributed by atoms with E-state index in [-0.39, 0.29) is 5.91 Å². The van der Waals surface area contributed by atoms with Crippen LogP contribution < -0.4 is 5.73 Å². The molecule has 0 radical (unpaired) electrons. The molecule has 0 heterocycles. The zero-order valence-corrected chi connectivity index (χ0v) is 11.6. The minimum absolute atomic E-state index is 0.258. The molecule has 100 valence electrons. The molecular weight excluding hydrogens is 222 g/mol. The molecule has 0 fully saturated rings. The summed E-state index contributed by atoms with van der Waals surface area (Å²) in [4.78, 5) is 10.4. The minimum atomic E-state index is -0.258. The molecule has 2 heteroatoms. The Morgan fingerprint density at radius 2 is 1.44 bits per heavy atom. The smallest absolute Gasteiger partial charge is 0.217 e. The van der Waals surface area contributed by atoms with Crippen molar-refractivity contribution >= 4 is 5.91 Å². The first-order valence-electron chi connectivity index (χ1n) is 7.01. The van der Waals surface area contributed by atoms with Gasteiger partial charge in [0.05, 0.1) is 0 Å². The van der Waals surface area contributed by atoms with E-state index in [1.165, 1.54) is 38.5 Å². The SMILES string of the molecule is CCCCCCCCC#CC#CCCCC(N)=O. The van der Waals surface area contributed by atoms with Crippen molar-refractivity contribution in [2.45, 2.75) is 71.1 Å². The highest BCUT2D eigenvalue weighted by Crippen LogP contribution is 2.05. The molecule has 2 nitrogen and oxygen atoms in total. The predicted molar refractivity (Wildman–Crippen MR) is 76.6 cm³/mol. The van der Waals surface area contributed by atoms with Gasteiger partial charge in [-0.15, -0.1) is 0 Å². The maximum atomic E-state index is 10.4. The van der Waals surface area contributed by atoms with Gasteiger partial charge in [-0.05, 0) is 24.7 Å². The second kappa shape index (κ2) is 13.7. The van der Waals surface area contributed by atoms with Crippen LogP contribution in [0, 0.1) is 23.7 Å². The molecule has 0 saturated carbocycles. The number of carbonyl (C=O) groups is 1. The van der Waals surface area contributed by atoms with Gasteiger partial charge < -0.3 is 5.73 Å². The van der Waals surface area contributed by atoms with Gasteiger partial charge in [-0.1, -0.05) is 50.9 Å². The first-order chi connectivity index (χ1) is 8.77. The zero-order valence-electron chi connectivity index (χ0n) is 11.6. The van der Waals surface area contributed by atoms with Gasteiger partial charge in [0.2, 0.25) is 5.91 Å². The van der Waals surface area contributed by atoms with Crippen LogP contribution in [0.3, 0.4) is 0 Å². The van der Waals surface area contributed by atoms with Crippen molar-refractivity contribution in [1.82, 2.24) is 0 Å². The summed E-state index contributed by atoms with van der Waals surface area (Å²) in [5, 5.41) is 0. The summed E-state index contributed by atoms with van der Waals surface area (Å²) in [5.74, 6) is 11.4. The fourth-order valence-electron chi connectivity index (χ4n) is 1.56. The second-order valence-corrected chi connectivity index (χ2v) is 4.44. The molecule has 0 aromatic carbocycles. The van der Waals surface area contributed by atoms with Crippen LogP contribution in [0.25, 0.3) is 0 Å². The summed E-state index contributed by atoms with van der Waals surface area (Å²) < 4.78 is 0. The van der Waals surface area contributed by atoms with Gasteiger partial charge in [-0.25, -0.2) is 0 Å². The maximum Gasteiger partial charge on any atom is 0.217 e. The van der Waals surface area contributed by atoms with Crippen molar-refractivity contribution in [2.75, 3.05) is 0 Å². The number of carbonyl (C=O) groups excluding carboxylic acids is 1. The number of rotatable bonds is 9. The molecule has 0 rings (SSSR count). The fraction of sp³-hybridized carbons (Fsp3) is 0.688. The molecule has 0 unspecified atom stereocenters. The van der Waals surface area contributed by atoms with Crippen LogP contribution in [-0.2, 0) is 4.79 Å². The number of primary amides is 1. The van der Waals surface area contributed by atoms with Crippen molar-refractivity contribution in [2.24, 2.45) is 5.73 Å². The van der Waals surface area contributed by atoms with Crippen LogP contribution >= 0.6 is 0 Å². The first-order valence-corrected chi connectivity index (χ1v) is 7.01. The van der Waals surface area contributed by atoms with Crippen LogP contribution in [0.5, 0.6) is 0 Å². The third-order valence-corrected chi connectivity index (χ3v) is 2.62. The molecule has 0 atom stereocenters. The van der Waals surface area contributed by atoms with Crippen LogP contribution in [0.1, 0.15) is 71.1 Å². The lowest BCUT2D eigenvalue weighted by Gasteiger charge is -1.96. The quantitative estimate of drug-likeness (QED) is 0.492. The second-order valence-electron chi connectivity index (χ2n) is 4.44. The molecule has 0 spiro atoms.